The van der Waals surface area contributed by atoms with Gasteiger partial charge in [0, 0.05) is 11.6 Å². The minimum atomic E-state index is -0.108. The predicted octanol–water partition coefficient (Wildman–Crippen LogP) is 1.72. The molecular formula is C18H22N4O3. The Morgan fingerprint density at radius 1 is 1.12 bits per heavy atom. The number of ether oxygens (including phenoxy) is 2. The van der Waals surface area contributed by atoms with Gasteiger partial charge < -0.3 is 20.1 Å². The fraction of sp³-hybridized carbons (Fsp3) is 0.444. The lowest BCUT2D eigenvalue weighted by Gasteiger charge is -2.18. The van der Waals surface area contributed by atoms with E-state index in [0.717, 1.165) is 43.7 Å². The van der Waals surface area contributed by atoms with E-state index in [1.54, 1.807) is 6.07 Å². The molecule has 4 rings (SSSR count). The Bertz CT molecular complexity index is 751. The molecule has 25 heavy (non-hydrogen) atoms. The van der Waals surface area contributed by atoms with Crippen molar-refractivity contribution in [2.75, 3.05) is 26.3 Å². The molecule has 0 saturated carbocycles. The van der Waals surface area contributed by atoms with Gasteiger partial charge in [0.25, 0.3) is 5.91 Å². The van der Waals surface area contributed by atoms with Crippen LogP contribution in [-0.2, 0) is 0 Å². The quantitative estimate of drug-likeness (QED) is 0.790. The molecule has 1 unspecified atom stereocenters. The Hall–Kier alpha value is -2.54. The molecule has 7 nitrogen and oxygen atoms in total. The minimum Gasteiger partial charge on any atom is -0.486 e. The first kappa shape index (κ1) is 16.0. The second-order valence-electron chi connectivity index (χ2n) is 6.38. The van der Waals surface area contributed by atoms with Gasteiger partial charge in [-0.3, -0.25) is 9.89 Å². The van der Waals surface area contributed by atoms with E-state index in [1.165, 1.54) is 0 Å². The highest BCUT2D eigenvalue weighted by molar-refractivity contribution is 5.93. The number of H-pyrrole nitrogens is 1. The number of carbonyl (C=O) groups is 1. The summed E-state index contributed by atoms with van der Waals surface area (Å²) in [5.41, 5.74) is 2.07. The first-order valence-corrected chi connectivity index (χ1v) is 8.76. The monoisotopic (exact) mass is 342 g/mol. The van der Waals surface area contributed by atoms with E-state index in [0.29, 0.717) is 30.4 Å². The number of hydrogen-bond donors (Lipinski definition) is 3. The summed E-state index contributed by atoms with van der Waals surface area (Å²) in [7, 11) is 0. The van der Waals surface area contributed by atoms with Gasteiger partial charge in [-0.05, 0) is 56.6 Å². The zero-order valence-electron chi connectivity index (χ0n) is 14.0. The maximum atomic E-state index is 12.5. The van der Waals surface area contributed by atoms with Crippen molar-refractivity contribution in [3.05, 3.63) is 30.0 Å². The van der Waals surface area contributed by atoms with E-state index in [2.05, 4.69) is 20.8 Å². The van der Waals surface area contributed by atoms with E-state index in [4.69, 9.17) is 9.47 Å². The fourth-order valence-electron chi connectivity index (χ4n) is 3.22. The third-order valence-corrected chi connectivity index (χ3v) is 4.57. The fourth-order valence-corrected chi connectivity index (χ4v) is 3.22. The van der Waals surface area contributed by atoms with Crippen LogP contribution < -0.4 is 20.1 Å². The van der Waals surface area contributed by atoms with Gasteiger partial charge in [-0.15, -0.1) is 0 Å². The van der Waals surface area contributed by atoms with Crippen molar-refractivity contribution in [1.82, 2.24) is 20.8 Å². The molecule has 1 amide bonds. The number of aromatic amines is 1. The smallest absolute Gasteiger partial charge is 0.269 e. The van der Waals surface area contributed by atoms with Crippen LogP contribution in [0.5, 0.6) is 11.5 Å². The van der Waals surface area contributed by atoms with Gasteiger partial charge in [0.2, 0.25) is 0 Å². The van der Waals surface area contributed by atoms with Gasteiger partial charge in [-0.25, -0.2) is 0 Å². The SMILES string of the molecule is O=C(NC1CCCNCC1)c1cc(-c2ccc3c(c2)OCCO3)n[nH]1. The normalized spacial score (nSPS) is 19.9. The third kappa shape index (κ3) is 3.61. The molecule has 1 aromatic heterocycles. The molecule has 1 saturated heterocycles. The first-order chi connectivity index (χ1) is 12.3. The molecule has 3 N–H and O–H groups in total. The number of benzene rings is 1. The Kier molecular flexibility index (Phi) is 4.56. The predicted molar refractivity (Wildman–Crippen MR) is 93.0 cm³/mol. The molecule has 1 fully saturated rings. The van der Waals surface area contributed by atoms with Crippen LogP contribution in [0.4, 0.5) is 0 Å². The van der Waals surface area contributed by atoms with Crippen LogP contribution in [0, 0.1) is 0 Å². The molecule has 2 aliphatic heterocycles. The highest BCUT2D eigenvalue weighted by atomic mass is 16.6. The lowest BCUT2D eigenvalue weighted by Crippen LogP contribution is -2.35. The van der Waals surface area contributed by atoms with Crippen molar-refractivity contribution in [3.8, 4) is 22.8 Å². The standard InChI is InChI=1S/C18H22N4O3/c23-18(20-13-2-1-6-19-7-5-13)15-11-14(21-22-15)12-3-4-16-17(10-12)25-9-8-24-16/h3-4,10-11,13,19H,1-2,5-9H2,(H,20,23)(H,21,22). The lowest BCUT2D eigenvalue weighted by molar-refractivity contribution is 0.0929. The van der Waals surface area contributed by atoms with Crippen molar-refractivity contribution < 1.29 is 14.3 Å². The number of rotatable bonds is 3. The third-order valence-electron chi connectivity index (χ3n) is 4.57. The Morgan fingerprint density at radius 3 is 2.92 bits per heavy atom. The summed E-state index contributed by atoms with van der Waals surface area (Å²) in [6, 6.07) is 7.67. The summed E-state index contributed by atoms with van der Waals surface area (Å²) in [4.78, 5) is 12.5. The highest BCUT2D eigenvalue weighted by Gasteiger charge is 2.18. The molecule has 1 aromatic carbocycles. The number of hydrogen-bond acceptors (Lipinski definition) is 5. The largest absolute Gasteiger partial charge is 0.486 e. The molecule has 0 bridgehead atoms. The molecule has 0 radical (unpaired) electrons. The number of nitrogens with one attached hydrogen (secondary N) is 3. The van der Waals surface area contributed by atoms with Crippen LogP contribution in [0.2, 0.25) is 0 Å². The molecule has 132 valence electrons. The zero-order valence-corrected chi connectivity index (χ0v) is 14.0. The second kappa shape index (κ2) is 7.14. The zero-order chi connectivity index (χ0) is 17.1. The Morgan fingerprint density at radius 2 is 2.00 bits per heavy atom. The number of amides is 1. The molecule has 1 atom stereocenters. The van der Waals surface area contributed by atoms with E-state index in [9.17, 15) is 4.79 Å². The van der Waals surface area contributed by atoms with Gasteiger partial charge >= 0.3 is 0 Å². The van der Waals surface area contributed by atoms with Crippen LogP contribution in [0.3, 0.4) is 0 Å². The van der Waals surface area contributed by atoms with Gasteiger partial charge in [-0.1, -0.05) is 0 Å². The first-order valence-electron chi connectivity index (χ1n) is 8.76. The Balaban J connectivity index is 1.47. The van der Waals surface area contributed by atoms with E-state index >= 15 is 0 Å². The average molecular weight is 342 g/mol. The maximum Gasteiger partial charge on any atom is 0.269 e. The number of nitrogens with zero attached hydrogens (tertiary/aromatic N) is 1. The molecule has 0 aliphatic carbocycles. The van der Waals surface area contributed by atoms with Crippen LogP contribution in [0.25, 0.3) is 11.3 Å². The molecular weight excluding hydrogens is 320 g/mol. The summed E-state index contributed by atoms with van der Waals surface area (Å²) in [5.74, 6) is 1.34. The second-order valence-corrected chi connectivity index (χ2v) is 6.38. The van der Waals surface area contributed by atoms with Gasteiger partial charge in [-0.2, -0.15) is 5.10 Å². The molecule has 7 heteroatoms. The molecule has 2 aliphatic rings. The van der Waals surface area contributed by atoms with E-state index in [1.807, 2.05) is 18.2 Å². The molecule has 2 aromatic rings. The topological polar surface area (TPSA) is 88.3 Å². The molecule has 3 heterocycles. The average Bonchev–Trinajstić information content (AvgIpc) is 3.01. The lowest BCUT2D eigenvalue weighted by atomic mass is 10.1. The highest BCUT2D eigenvalue weighted by Crippen LogP contribution is 2.34. The summed E-state index contributed by atoms with van der Waals surface area (Å²) < 4.78 is 11.1. The van der Waals surface area contributed by atoms with Gasteiger partial charge in [0.1, 0.15) is 18.9 Å². The van der Waals surface area contributed by atoms with Crippen molar-refractivity contribution in [1.29, 1.82) is 0 Å². The number of fused-ring (bicyclic) bond motifs is 1. The van der Waals surface area contributed by atoms with E-state index < -0.39 is 0 Å². The number of aromatic nitrogens is 2. The maximum absolute atomic E-state index is 12.5. The summed E-state index contributed by atoms with van der Waals surface area (Å²) in [6.07, 6.45) is 3.03. The van der Waals surface area contributed by atoms with Crippen LogP contribution in [0.1, 0.15) is 29.8 Å². The number of carbonyl (C=O) groups excluding carboxylic acids is 1. The van der Waals surface area contributed by atoms with Crippen molar-refractivity contribution >= 4 is 5.91 Å². The van der Waals surface area contributed by atoms with Crippen LogP contribution in [0.15, 0.2) is 24.3 Å². The van der Waals surface area contributed by atoms with E-state index in [-0.39, 0.29) is 11.9 Å². The van der Waals surface area contributed by atoms with Gasteiger partial charge in [0.15, 0.2) is 11.5 Å². The summed E-state index contributed by atoms with van der Waals surface area (Å²) in [6.45, 7) is 3.07. The summed E-state index contributed by atoms with van der Waals surface area (Å²) in [5, 5.41) is 13.6. The van der Waals surface area contributed by atoms with Gasteiger partial charge in [0.05, 0.1) is 5.69 Å². The Labute approximate surface area is 146 Å². The van der Waals surface area contributed by atoms with Crippen molar-refractivity contribution in [2.24, 2.45) is 0 Å². The van der Waals surface area contributed by atoms with Crippen LogP contribution >= 0.6 is 0 Å². The van der Waals surface area contributed by atoms with Crippen molar-refractivity contribution in [3.63, 3.8) is 0 Å². The van der Waals surface area contributed by atoms with Crippen molar-refractivity contribution in [2.45, 2.75) is 25.3 Å². The molecule has 0 spiro atoms. The minimum absolute atomic E-state index is 0.108. The van der Waals surface area contributed by atoms with Crippen LogP contribution in [-0.4, -0.2) is 48.4 Å². The summed E-state index contributed by atoms with van der Waals surface area (Å²) >= 11 is 0.